The summed E-state index contributed by atoms with van der Waals surface area (Å²) in [5, 5.41) is 2.34. The molecule has 0 aliphatic heterocycles. The van der Waals surface area contributed by atoms with Crippen LogP contribution in [-0.4, -0.2) is 26.2 Å². The zero-order valence-corrected chi connectivity index (χ0v) is 9.81. The van der Waals surface area contributed by atoms with Crippen LogP contribution in [0.15, 0.2) is 0 Å². The zero-order chi connectivity index (χ0) is 11.4. The van der Waals surface area contributed by atoms with E-state index in [0.717, 1.165) is 0 Å². The first-order chi connectivity index (χ1) is 6.24. The maximum Gasteiger partial charge on any atom is 0.230 e. The molecule has 14 heavy (non-hydrogen) atoms. The second-order valence-electron chi connectivity index (χ2n) is 3.73. The van der Waals surface area contributed by atoms with E-state index in [-0.39, 0.29) is 23.7 Å². The van der Waals surface area contributed by atoms with Crippen molar-refractivity contribution in [3.05, 3.63) is 0 Å². The summed E-state index contributed by atoms with van der Waals surface area (Å²) in [7, 11) is -3.39. The van der Waals surface area contributed by atoms with Gasteiger partial charge in [-0.05, 0) is 13.8 Å². The molecule has 0 aliphatic rings. The molecular formula is C8H18N2O3S. The summed E-state index contributed by atoms with van der Waals surface area (Å²) >= 11 is 0. The van der Waals surface area contributed by atoms with Crippen molar-refractivity contribution in [2.75, 3.05) is 5.88 Å². The molecular weight excluding hydrogens is 204 g/mol. The number of carbonyl (C=O) groups excluding carboxylic acids is 1. The highest BCUT2D eigenvalue weighted by Crippen LogP contribution is 1.92. The largest absolute Gasteiger partial charge is 0.341 e. The van der Waals surface area contributed by atoms with Crippen LogP contribution < -0.4 is 10.0 Å². The van der Waals surface area contributed by atoms with Gasteiger partial charge >= 0.3 is 0 Å². The minimum Gasteiger partial charge on any atom is -0.341 e. The molecule has 0 spiro atoms. The Balaban J connectivity index is 4.07. The maximum atomic E-state index is 11.2. The first kappa shape index (κ1) is 13.4. The van der Waals surface area contributed by atoms with Gasteiger partial charge in [0.05, 0.1) is 0 Å². The van der Waals surface area contributed by atoms with Crippen LogP contribution in [0.4, 0.5) is 0 Å². The molecule has 0 unspecified atom stereocenters. The lowest BCUT2D eigenvalue weighted by Crippen LogP contribution is -2.40. The van der Waals surface area contributed by atoms with Crippen LogP contribution in [0.3, 0.4) is 0 Å². The molecule has 0 atom stereocenters. The SMILES string of the molecule is CC(C)NS(=O)(=O)CNC(=O)C(C)C. The Morgan fingerprint density at radius 2 is 1.71 bits per heavy atom. The van der Waals surface area contributed by atoms with Gasteiger partial charge in [-0.25, -0.2) is 13.1 Å². The Labute approximate surface area is 85.3 Å². The fraction of sp³-hybridized carbons (Fsp3) is 0.875. The summed E-state index contributed by atoms with van der Waals surface area (Å²) in [6.07, 6.45) is 0. The number of amides is 1. The molecule has 0 bridgehead atoms. The van der Waals surface area contributed by atoms with Gasteiger partial charge in [-0.15, -0.1) is 0 Å². The van der Waals surface area contributed by atoms with Crippen molar-refractivity contribution < 1.29 is 13.2 Å². The molecule has 0 radical (unpaired) electrons. The van der Waals surface area contributed by atoms with Gasteiger partial charge in [-0.3, -0.25) is 4.79 Å². The van der Waals surface area contributed by atoms with E-state index in [4.69, 9.17) is 0 Å². The van der Waals surface area contributed by atoms with Gasteiger partial charge in [0.2, 0.25) is 15.9 Å². The molecule has 84 valence electrons. The number of nitrogens with one attached hydrogen (secondary N) is 2. The van der Waals surface area contributed by atoms with Crippen molar-refractivity contribution in [3.63, 3.8) is 0 Å². The zero-order valence-electron chi connectivity index (χ0n) is 8.99. The third kappa shape index (κ3) is 5.93. The number of rotatable bonds is 5. The standard InChI is InChI=1S/C8H18N2O3S/c1-6(2)8(11)9-5-14(12,13)10-7(3)4/h6-7,10H,5H2,1-4H3,(H,9,11). The number of sulfonamides is 1. The molecule has 0 saturated carbocycles. The van der Waals surface area contributed by atoms with Crippen LogP contribution in [0.5, 0.6) is 0 Å². The third-order valence-electron chi connectivity index (χ3n) is 1.38. The van der Waals surface area contributed by atoms with Gasteiger partial charge < -0.3 is 5.32 Å². The van der Waals surface area contributed by atoms with Gasteiger partial charge in [0.15, 0.2) is 0 Å². The quantitative estimate of drug-likeness (QED) is 0.690. The summed E-state index contributed by atoms with van der Waals surface area (Å²) in [4.78, 5) is 11.1. The number of hydrogen-bond donors (Lipinski definition) is 2. The van der Waals surface area contributed by atoms with Crippen LogP contribution in [0.25, 0.3) is 0 Å². The van der Waals surface area contributed by atoms with Crippen molar-refractivity contribution in [2.24, 2.45) is 5.92 Å². The van der Waals surface area contributed by atoms with Crippen molar-refractivity contribution >= 4 is 15.9 Å². The molecule has 1 amide bonds. The summed E-state index contributed by atoms with van der Waals surface area (Å²) in [6, 6.07) is -0.157. The van der Waals surface area contributed by atoms with Crippen molar-refractivity contribution in [3.8, 4) is 0 Å². The Hall–Kier alpha value is -0.620. The van der Waals surface area contributed by atoms with Crippen LogP contribution in [0.2, 0.25) is 0 Å². The molecule has 0 heterocycles. The summed E-state index contributed by atoms with van der Waals surface area (Å²) in [5.74, 6) is -0.828. The minimum atomic E-state index is -3.39. The van der Waals surface area contributed by atoms with E-state index in [2.05, 4.69) is 10.0 Å². The lowest BCUT2D eigenvalue weighted by Gasteiger charge is -2.11. The minimum absolute atomic E-state index is 0.157. The molecule has 0 rings (SSSR count). The summed E-state index contributed by atoms with van der Waals surface area (Å²) in [5.41, 5.74) is 0. The van der Waals surface area contributed by atoms with E-state index in [1.807, 2.05) is 0 Å². The maximum absolute atomic E-state index is 11.2. The lowest BCUT2D eigenvalue weighted by atomic mass is 10.2. The Morgan fingerprint density at radius 3 is 2.07 bits per heavy atom. The highest BCUT2D eigenvalue weighted by Gasteiger charge is 2.14. The topological polar surface area (TPSA) is 75.3 Å². The van der Waals surface area contributed by atoms with E-state index in [1.165, 1.54) is 0 Å². The van der Waals surface area contributed by atoms with Gasteiger partial charge in [0, 0.05) is 12.0 Å². The molecule has 0 aromatic rings. The fourth-order valence-electron chi connectivity index (χ4n) is 0.771. The molecule has 0 aliphatic carbocycles. The van der Waals surface area contributed by atoms with Crippen LogP contribution >= 0.6 is 0 Å². The number of carbonyl (C=O) groups is 1. The first-order valence-electron chi connectivity index (χ1n) is 4.52. The van der Waals surface area contributed by atoms with Gasteiger partial charge in [0.1, 0.15) is 5.88 Å². The second-order valence-corrected chi connectivity index (χ2v) is 5.48. The van der Waals surface area contributed by atoms with Crippen molar-refractivity contribution in [1.29, 1.82) is 0 Å². The van der Waals surface area contributed by atoms with Crippen LogP contribution in [-0.2, 0) is 14.8 Å². The average Bonchev–Trinajstić information content (AvgIpc) is 1.97. The second kappa shape index (κ2) is 5.31. The summed E-state index contributed by atoms with van der Waals surface area (Å²) < 4.78 is 24.9. The van der Waals surface area contributed by atoms with E-state index in [0.29, 0.717) is 0 Å². The predicted molar refractivity (Wildman–Crippen MR) is 55.0 cm³/mol. The molecule has 0 fully saturated rings. The van der Waals surface area contributed by atoms with E-state index in [1.54, 1.807) is 27.7 Å². The smallest absolute Gasteiger partial charge is 0.230 e. The molecule has 5 nitrogen and oxygen atoms in total. The monoisotopic (exact) mass is 222 g/mol. The fourth-order valence-corrected chi connectivity index (χ4v) is 1.90. The Bertz CT molecular complexity index is 283. The highest BCUT2D eigenvalue weighted by atomic mass is 32.2. The number of hydrogen-bond acceptors (Lipinski definition) is 3. The Morgan fingerprint density at radius 1 is 1.21 bits per heavy atom. The van der Waals surface area contributed by atoms with Crippen molar-refractivity contribution in [1.82, 2.24) is 10.0 Å². The predicted octanol–water partition coefficient (Wildman–Crippen LogP) is 0.0439. The third-order valence-corrected chi connectivity index (χ3v) is 2.73. The average molecular weight is 222 g/mol. The lowest BCUT2D eigenvalue weighted by molar-refractivity contribution is -0.123. The van der Waals surface area contributed by atoms with Gasteiger partial charge in [-0.1, -0.05) is 13.8 Å². The van der Waals surface area contributed by atoms with Crippen LogP contribution in [0, 0.1) is 5.92 Å². The van der Waals surface area contributed by atoms with Crippen LogP contribution in [0.1, 0.15) is 27.7 Å². The molecule has 0 saturated heterocycles. The van der Waals surface area contributed by atoms with Crippen molar-refractivity contribution in [2.45, 2.75) is 33.7 Å². The summed E-state index contributed by atoms with van der Waals surface area (Å²) in [6.45, 7) is 6.86. The first-order valence-corrected chi connectivity index (χ1v) is 6.17. The van der Waals surface area contributed by atoms with E-state index in [9.17, 15) is 13.2 Å². The van der Waals surface area contributed by atoms with Gasteiger partial charge in [-0.2, -0.15) is 0 Å². The molecule has 2 N–H and O–H groups in total. The van der Waals surface area contributed by atoms with E-state index < -0.39 is 10.0 Å². The van der Waals surface area contributed by atoms with Gasteiger partial charge in [0.25, 0.3) is 0 Å². The molecule has 6 heteroatoms. The Kier molecular flexibility index (Phi) is 5.07. The molecule has 0 aromatic heterocycles. The highest BCUT2D eigenvalue weighted by molar-refractivity contribution is 7.89. The molecule has 0 aromatic carbocycles. The van der Waals surface area contributed by atoms with E-state index >= 15 is 0 Å². The normalized spacial score (nSPS) is 12.1.